The van der Waals surface area contributed by atoms with Gasteiger partial charge in [0.05, 0.1) is 11.3 Å². The van der Waals surface area contributed by atoms with Crippen LogP contribution in [0.25, 0.3) is 0 Å². The number of rotatable bonds is 4. The van der Waals surface area contributed by atoms with Crippen LogP contribution in [-0.4, -0.2) is 38.2 Å². The Bertz CT molecular complexity index is 708. The van der Waals surface area contributed by atoms with E-state index in [2.05, 4.69) is 21.0 Å². The minimum atomic E-state index is 0.142. The maximum absolute atomic E-state index is 13.1. The molecule has 2 aromatic heterocycles. The maximum Gasteiger partial charge on any atom is 0.257 e. The van der Waals surface area contributed by atoms with Crippen molar-refractivity contribution in [3.63, 3.8) is 0 Å². The summed E-state index contributed by atoms with van der Waals surface area (Å²) < 4.78 is 1.80. The van der Waals surface area contributed by atoms with Crippen LogP contribution in [0.15, 0.2) is 24.4 Å². The van der Waals surface area contributed by atoms with Crippen LogP contribution < -0.4 is 0 Å². The molecule has 5 nitrogen and oxygen atoms in total. The number of amides is 1. The Morgan fingerprint density at radius 3 is 2.79 bits per heavy atom. The molecule has 0 radical (unpaired) electrons. The van der Waals surface area contributed by atoms with E-state index in [1.165, 1.54) is 6.42 Å². The lowest BCUT2D eigenvalue weighted by Gasteiger charge is -2.36. The van der Waals surface area contributed by atoms with Crippen molar-refractivity contribution in [1.82, 2.24) is 19.7 Å². The van der Waals surface area contributed by atoms with Gasteiger partial charge in [-0.05, 0) is 58.1 Å². The lowest BCUT2D eigenvalue weighted by atomic mass is 9.96. The lowest BCUT2D eigenvalue weighted by Crippen LogP contribution is -2.44. The van der Waals surface area contributed by atoms with E-state index in [0.29, 0.717) is 6.04 Å². The van der Waals surface area contributed by atoms with Gasteiger partial charge in [0.1, 0.15) is 0 Å². The van der Waals surface area contributed by atoms with Crippen molar-refractivity contribution < 1.29 is 4.79 Å². The Morgan fingerprint density at radius 1 is 1.29 bits per heavy atom. The number of hydrogen-bond acceptors (Lipinski definition) is 3. The topological polar surface area (TPSA) is 51.0 Å². The fraction of sp³-hybridized carbons (Fsp3) is 0.526. The summed E-state index contributed by atoms with van der Waals surface area (Å²) in [6.07, 6.45) is 7.09. The highest BCUT2D eigenvalue weighted by molar-refractivity contribution is 5.96. The number of likely N-dealkylation sites (tertiary alicyclic amines) is 1. The molecule has 1 unspecified atom stereocenters. The largest absolute Gasteiger partial charge is 0.336 e. The molecule has 0 bridgehead atoms. The minimum absolute atomic E-state index is 0.142. The number of carbonyl (C=O) groups excluding carboxylic acids is 1. The van der Waals surface area contributed by atoms with E-state index in [0.717, 1.165) is 54.9 Å². The number of aryl methyl sites for hydroxylation is 3. The molecule has 3 heterocycles. The van der Waals surface area contributed by atoms with Gasteiger partial charge in [-0.3, -0.25) is 14.5 Å². The number of carbonyl (C=O) groups is 1. The van der Waals surface area contributed by atoms with Crippen LogP contribution in [-0.2, 0) is 13.5 Å². The van der Waals surface area contributed by atoms with Crippen LogP contribution in [0.5, 0.6) is 0 Å². The van der Waals surface area contributed by atoms with Crippen molar-refractivity contribution in [3.05, 3.63) is 47.0 Å². The third-order valence-electron chi connectivity index (χ3n) is 5.07. The Kier molecular flexibility index (Phi) is 4.97. The smallest absolute Gasteiger partial charge is 0.257 e. The van der Waals surface area contributed by atoms with E-state index in [1.807, 2.05) is 39.2 Å². The van der Waals surface area contributed by atoms with Crippen LogP contribution in [0.3, 0.4) is 0 Å². The van der Waals surface area contributed by atoms with Gasteiger partial charge in [-0.15, -0.1) is 0 Å². The summed E-state index contributed by atoms with van der Waals surface area (Å²) in [7, 11) is 1.90. The highest BCUT2D eigenvalue weighted by Gasteiger charge is 2.30. The molecule has 0 saturated carbocycles. The molecule has 1 amide bonds. The van der Waals surface area contributed by atoms with Gasteiger partial charge in [0.25, 0.3) is 5.91 Å². The summed E-state index contributed by atoms with van der Waals surface area (Å²) in [5, 5.41) is 4.40. The predicted molar refractivity (Wildman–Crippen MR) is 93.9 cm³/mol. The highest BCUT2D eigenvalue weighted by Crippen LogP contribution is 2.25. The summed E-state index contributed by atoms with van der Waals surface area (Å²) in [6.45, 7) is 4.74. The van der Waals surface area contributed by atoms with Crippen LogP contribution >= 0.6 is 0 Å². The molecule has 1 aliphatic rings. The molecule has 24 heavy (non-hydrogen) atoms. The molecule has 2 aromatic rings. The van der Waals surface area contributed by atoms with Gasteiger partial charge in [0.2, 0.25) is 0 Å². The van der Waals surface area contributed by atoms with E-state index < -0.39 is 0 Å². The normalized spacial score (nSPS) is 18.0. The third-order valence-corrected chi connectivity index (χ3v) is 5.07. The van der Waals surface area contributed by atoms with Crippen molar-refractivity contribution in [2.24, 2.45) is 7.05 Å². The molecule has 5 heteroatoms. The Balaban J connectivity index is 1.75. The summed E-state index contributed by atoms with van der Waals surface area (Å²) >= 11 is 0. The molecule has 128 valence electrons. The van der Waals surface area contributed by atoms with Gasteiger partial charge in [-0.2, -0.15) is 5.10 Å². The van der Waals surface area contributed by atoms with Crippen LogP contribution in [0.4, 0.5) is 0 Å². The second-order valence-corrected chi connectivity index (χ2v) is 6.68. The zero-order chi connectivity index (χ0) is 17.1. The number of hydrogen-bond donors (Lipinski definition) is 0. The van der Waals surface area contributed by atoms with E-state index in [4.69, 9.17) is 0 Å². The zero-order valence-electron chi connectivity index (χ0n) is 14.8. The van der Waals surface area contributed by atoms with E-state index in [-0.39, 0.29) is 5.91 Å². The molecule has 1 saturated heterocycles. The molecule has 1 fully saturated rings. The molecular formula is C19H26N4O. The predicted octanol–water partition coefficient (Wildman–Crippen LogP) is 3.06. The summed E-state index contributed by atoms with van der Waals surface area (Å²) in [4.78, 5) is 19.6. The second-order valence-electron chi connectivity index (χ2n) is 6.68. The van der Waals surface area contributed by atoms with Crippen molar-refractivity contribution in [2.45, 2.75) is 52.0 Å². The molecule has 0 aliphatic carbocycles. The number of piperidine rings is 1. The van der Waals surface area contributed by atoms with Crippen molar-refractivity contribution in [1.29, 1.82) is 0 Å². The first kappa shape index (κ1) is 16.7. The Morgan fingerprint density at radius 2 is 2.12 bits per heavy atom. The molecule has 3 rings (SSSR count). The number of pyridine rings is 1. The van der Waals surface area contributed by atoms with Crippen molar-refractivity contribution in [3.8, 4) is 0 Å². The third kappa shape index (κ3) is 3.35. The number of nitrogens with zero attached hydrogens (tertiary/aromatic N) is 4. The molecule has 0 aromatic carbocycles. The van der Waals surface area contributed by atoms with E-state index >= 15 is 0 Å². The lowest BCUT2D eigenvalue weighted by molar-refractivity contribution is 0.0600. The second kappa shape index (κ2) is 7.16. The van der Waals surface area contributed by atoms with Gasteiger partial charge < -0.3 is 4.90 Å². The first-order valence-electron chi connectivity index (χ1n) is 8.79. The van der Waals surface area contributed by atoms with Crippen molar-refractivity contribution in [2.75, 3.05) is 6.54 Å². The summed E-state index contributed by atoms with van der Waals surface area (Å²) in [5.41, 5.74) is 3.66. The van der Waals surface area contributed by atoms with Gasteiger partial charge in [0, 0.05) is 37.2 Å². The first-order chi connectivity index (χ1) is 11.6. The van der Waals surface area contributed by atoms with Crippen LogP contribution in [0.1, 0.15) is 53.1 Å². The van der Waals surface area contributed by atoms with Gasteiger partial charge >= 0.3 is 0 Å². The highest BCUT2D eigenvalue weighted by atomic mass is 16.2. The average molecular weight is 326 g/mol. The van der Waals surface area contributed by atoms with Crippen LogP contribution in [0.2, 0.25) is 0 Å². The summed E-state index contributed by atoms with van der Waals surface area (Å²) in [5.74, 6) is 0.142. The zero-order valence-corrected chi connectivity index (χ0v) is 14.8. The fourth-order valence-corrected chi connectivity index (χ4v) is 3.66. The van der Waals surface area contributed by atoms with Crippen molar-refractivity contribution >= 4 is 5.91 Å². The summed E-state index contributed by atoms with van der Waals surface area (Å²) in [6, 6.07) is 6.32. The van der Waals surface area contributed by atoms with Gasteiger partial charge in [-0.25, -0.2) is 0 Å². The first-order valence-corrected chi connectivity index (χ1v) is 8.79. The maximum atomic E-state index is 13.1. The Labute approximate surface area is 143 Å². The average Bonchev–Trinajstić information content (AvgIpc) is 2.86. The van der Waals surface area contributed by atoms with E-state index in [9.17, 15) is 4.79 Å². The van der Waals surface area contributed by atoms with Crippen LogP contribution in [0, 0.1) is 13.8 Å². The van der Waals surface area contributed by atoms with Gasteiger partial charge in [0.15, 0.2) is 0 Å². The van der Waals surface area contributed by atoms with Gasteiger partial charge in [-0.1, -0.05) is 6.07 Å². The number of aromatic nitrogens is 3. The molecule has 1 atom stereocenters. The quantitative estimate of drug-likeness (QED) is 0.867. The van der Waals surface area contributed by atoms with E-state index in [1.54, 1.807) is 4.68 Å². The minimum Gasteiger partial charge on any atom is -0.336 e. The molecule has 0 N–H and O–H groups in total. The molecule has 1 aliphatic heterocycles. The monoisotopic (exact) mass is 326 g/mol. The SMILES string of the molecule is Cc1nn(C)c(C)c1C(=O)N1CCCCC1CCc1ccccn1. The molecule has 0 spiro atoms. The fourth-order valence-electron chi connectivity index (χ4n) is 3.66. The standard InChI is InChI=1S/C19H26N4O/c1-14-18(15(2)22(3)21-14)19(24)23-13-7-5-9-17(23)11-10-16-8-4-6-12-20-16/h4,6,8,12,17H,5,7,9-11,13H2,1-3H3. The Hall–Kier alpha value is -2.17. The molecular weight excluding hydrogens is 300 g/mol.